The lowest BCUT2D eigenvalue weighted by molar-refractivity contribution is 0.102. The molecule has 1 aliphatic rings. The highest BCUT2D eigenvalue weighted by molar-refractivity contribution is 7.92. The van der Waals surface area contributed by atoms with Crippen molar-refractivity contribution in [2.24, 2.45) is 0 Å². The Morgan fingerprint density at radius 1 is 0.969 bits per heavy atom. The second kappa shape index (κ2) is 9.22. The Labute approximate surface area is 193 Å². The van der Waals surface area contributed by atoms with Gasteiger partial charge in [0.1, 0.15) is 4.90 Å². The first-order chi connectivity index (χ1) is 15.3. The van der Waals surface area contributed by atoms with Gasteiger partial charge in [-0.25, -0.2) is 8.42 Å². The van der Waals surface area contributed by atoms with E-state index in [4.69, 9.17) is 11.6 Å². The Kier molecular flexibility index (Phi) is 6.39. The Morgan fingerprint density at radius 3 is 2.34 bits per heavy atom. The minimum Gasteiger partial charge on any atom is -0.372 e. The van der Waals surface area contributed by atoms with Crippen molar-refractivity contribution in [1.82, 2.24) is 0 Å². The van der Waals surface area contributed by atoms with Crippen LogP contribution in [-0.2, 0) is 10.0 Å². The highest BCUT2D eigenvalue weighted by Crippen LogP contribution is 2.27. The molecule has 8 heteroatoms. The molecule has 4 rings (SSSR count). The lowest BCUT2D eigenvalue weighted by atomic mass is 10.2. The summed E-state index contributed by atoms with van der Waals surface area (Å²) < 4.78 is 28.4. The van der Waals surface area contributed by atoms with E-state index < -0.39 is 15.9 Å². The van der Waals surface area contributed by atoms with Crippen molar-refractivity contribution in [3.8, 4) is 0 Å². The first-order valence-electron chi connectivity index (χ1n) is 10.4. The SMILES string of the molecule is Cc1ccccc1NS(=O)(=O)c1cc(C(=O)Nc2ccc(N3CCCC3)cc2)ccc1Cl. The van der Waals surface area contributed by atoms with Crippen molar-refractivity contribution in [2.45, 2.75) is 24.7 Å². The Balaban J connectivity index is 1.52. The number of sulfonamides is 1. The van der Waals surface area contributed by atoms with Gasteiger partial charge in [0, 0.05) is 30.0 Å². The maximum atomic E-state index is 12.9. The third-order valence-electron chi connectivity index (χ3n) is 5.47. The Hall–Kier alpha value is -3.03. The standard InChI is InChI=1S/C24H24ClN3O3S/c1-17-6-2-3-7-22(17)27-32(30,31)23-16-18(8-13-21(23)25)24(29)26-19-9-11-20(12-10-19)28-14-4-5-15-28/h2-3,6-13,16,27H,4-5,14-15H2,1H3,(H,26,29). The van der Waals surface area contributed by atoms with E-state index in [2.05, 4.69) is 14.9 Å². The van der Waals surface area contributed by atoms with Crippen LogP contribution < -0.4 is 14.9 Å². The molecule has 0 aliphatic carbocycles. The average molecular weight is 470 g/mol. The van der Waals surface area contributed by atoms with Crippen LogP contribution in [0, 0.1) is 6.92 Å². The number of hydrogen-bond donors (Lipinski definition) is 2. The fourth-order valence-electron chi connectivity index (χ4n) is 3.67. The fourth-order valence-corrected chi connectivity index (χ4v) is 5.33. The van der Waals surface area contributed by atoms with E-state index in [1.807, 2.05) is 30.3 Å². The second-order valence-corrected chi connectivity index (χ2v) is 9.82. The normalized spacial score (nSPS) is 13.8. The van der Waals surface area contributed by atoms with E-state index in [-0.39, 0.29) is 15.5 Å². The molecular formula is C24H24ClN3O3S. The van der Waals surface area contributed by atoms with Crippen LogP contribution in [0.25, 0.3) is 0 Å². The number of para-hydroxylation sites is 1. The van der Waals surface area contributed by atoms with Crippen LogP contribution in [0.2, 0.25) is 5.02 Å². The predicted octanol–water partition coefficient (Wildman–Crippen LogP) is 5.30. The van der Waals surface area contributed by atoms with Crippen LogP contribution in [0.3, 0.4) is 0 Å². The van der Waals surface area contributed by atoms with Crippen molar-refractivity contribution < 1.29 is 13.2 Å². The molecule has 0 unspecified atom stereocenters. The number of nitrogens with one attached hydrogen (secondary N) is 2. The summed E-state index contributed by atoms with van der Waals surface area (Å²) in [5.74, 6) is -0.414. The van der Waals surface area contributed by atoms with Gasteiger partial charge in [-0.15, -0.1) is 0 Å². The van der Waals surface area contributed by atoms with Gasteiger partial charge < -0.3 is 10.2 Å². The van der Waals surface area contributed by atoms with E-state index in [1.165, 1.54) is 31.0 Å². The van der Waals surface area contributed by atoms with Gasteiger partial charge in [-0.05, 0) is 73.9 Å². The summed E-state index contributed by atoms with van der Waals surface area (Å²) in [6.07, 6.45) is 2.39. The molecule has 3 aromatic carbocycles. The Bertz CT molecular complexity index is 1240. The van der Waals surface area contributed by atoms with Gasteiger partial charge in [-0.3, -0.25) is 9.52 Å². The lowest BCUT2D eigenvalue weighted by Gasteiger charge is -2.18. The van der Waals surface area contributed by atoms with E-state index >= 15 is 0 Å². The summed E-state index contributed by atoms with van der Waals surface area (Å²) in [6.45, 7) is 3.90. The smallest absolute Gasteiger partial charge is 0.263 e. The van der Waals surface area contributed by atoms with Crippen molar-refractivity contribution in [3.05, 3.63) is 82.9 Å². The number of amides is 1. The molecule has 6 nitrogen and oxygen atoms in total. The number of carbonyl (C=O) groups is 1. The molecule has 0 bridgehead atoms. The number of halogens is 1. The summed E-state index contributed by atoms with van der Waals surface area (Å²) in [4.78, 5) is 14.9. The van der Waals surface area contributed by atoms with Crippen molar-refractivity contribution >= 4 is 44.6 Å². The summed E-state index contributed by atoms with van der Waals surface area (Å²) in [5, 5.41) is 2.86. The minimum atomic E-state index is -3.98. The van der Waals surface area contributed by atoms with Gasteiger partial charge in [0.05, 0.1) is 10.7 Å². The van der Waals surface area contributed by atoms with Crippen molar-refractivity contribution in [2.75, 3.05) is 28.0 Å². The largest absolute Gasteiger partial charge is 0.372 e. The zero-order valence-electron chi connectivity index (χ0n) is 17.6. The maximum absolute atomic E-state index is 12.9. The molecule has 0 spiro atoms. The van der Waals surface area contributed by atoms with Gasteiger partial charge >= 0.3 is 0 Å². The Morgan fingerprint density at radius 2 is 1.66 bits per heavy atom. The molecule has 2 N–H and O–H groups in total. The zero-order valence-corrected chi connectivity index (χ0v) is 19.2. The number of rotatable bonds is 6. The molecular weight excluding hydrogens is 446 g/mol. The third kappa shape index (κ3) is 4.89. The van der Waals surface area contributed by atoms with Crippen molar-refractivity contribution in [3.63, 3.8) is 0 Å². The minimum absolute atomic E-state index is 0.0394. The van der Waals surface area contributed by atoms with Gasteiger partial charge in [0.2, 0.25) is 0 Å². The molecule has 166 valence electrons. The fraction of sp³-hybridized carbons (Fsp3) is 0.208. The first kappa shape index (κ1) is 22.2. The third-order valence-corrected chi connectivity index (χ3v) is 7.32. The highest BCUT2D eigenvalue weighted by atomic mass is 35.5. The molecule has 1 fully saturated rings. The molecule has 1 saturated heterocycles. The summed E-state index contributed by atoms with van der Waals surface area (Å²) in [5.41, 5.74) is 3.19. The van der Waals surface area contributed by atoms with Crippen LogP contribution in [0.1, 0.15) is 28.8 Å². The van der Waals surface area contributed by atoms with Crippen LogP contribution >= 0.6 is 11.6 Å². The van der Waals surface area contributed by atoms with E-state index in [1.54, 1.807) is 25.1 Å². The van der Waals surface area contributed by atoms with E-state index in [9.17, 15) is 13.2 Å². The second-order valence-electron chi connectivity index (χ2n) is 7.76. The lowest BCUT2D eigenvalue weighted by Crippen LogP contribution is -2.18. The van der Waals surface area contributed by atoms with Crippen molar-refractivity contribution in [1.29, 1.82) is 0 Å². The molecule has 0 atom stereocenters. The summed E-state index contributed by atoms with van der Waals surface area (Å²) in [6, 6.07) is 18.9. The molecule has 1 aliphatic heterocycles. The molecule has 0 radical (unpaired) electrons. The number of carbonyl (C=O) groups excluding carboxylic acids is 1. The quantitative estimate of drug-likeness (QED) is 0.513. The first-order valence-corrected chi connectivity index (χ1v) is 12.2. The average Bonchev–Trinajstić information content (AvgIpc) is 3.31. The van der Waals surface area contributed by atoms with Crippen LogP contribution in [0.15, 0.2) is 71.6 Å². The van der Waals surface area contributed by atoms with Gasteiger partial charge in [-0.2, -0.15) is 0 Å². The molecule has 0 saturated carbocycles. The van der Waals surface area contributed by atoms with Crippen LogP contribution in [0.5, 0.6) is 0 Å². The number of benzene rings is 3. The molecule has 32 heavy (non-hydrogen) atoms. The van der Waals surface area contributed by atoms with Crippen LogP contribution in [-0.4, -0.2) is 27.4 Å². The summed E-state index contributed by atoms with van der Waals surface area (Å²) >= 11 is 6.18. The zero-order chi connectivity index (χ0) is 22.7. The maximum Gasteiger partial charge on any atom is 0.263 e. The number of anilines is 3. The van der Waals surface area contributed by atoms with Crippen LogP contribution in [0.4, 0.5) is 17.1 Å². The topological polar surface area (TPSA) is 78.5 Å². The molecule has 1 heterocycles. The molecule has 1 amide bonds. The van der Waals surface area contributed by atoms with Gasteiger partial charge in [0.25, 0.3) is 15.9 Å². The number of hydrogen-bond acceptors (Lipinski definition) is 4. The summed E-state index contributed by atoms with van der Waals surface area (Å²) in [7, 11) is -3.98. The van der Waals surface area contributed by atoms with E-state index in [0.29, 0.717) is 11.4 Å². The van der Waals surface area contributed by atoms with E-state index in [0.717, 1.165) is 24.3 Å². The monoisotopic (exact) mass is 469 g/mol. The highest BCUT2D eigenvalue weighted by Gasteiger charge is 2.21. The molecule has 0 aromatic heterocycles. The molecule has 3 aromatic rings. The van der Waals surface area contributed by atoms with Gasteiger partial charge in [0.15, 0.2) is 0 Å². The van der Waals surface area contributed by atoms with Gasteiger partial charge in [-0.1, -0.05) is 29.8 Å². The predicted molar refractivity (Wildman–Crippen MR) is 129 cm³/mol. The number of aryl methyl sites for hydroxylation is 1. The number of nitrogens with zero attached hydrogens (tertiary/aromatic N) is 1.